The molecule has 2 aromatic rings. The fourth-order valence-electron chi connectivity index (χ4n) is 2.34. The van der Waals surface area contributed by atoms with Crippen LogP contribution < -0.4 is 10.1 Å². The monoisotopic (exact) mass is 333 g/mol. The molecule has 0 bridgehead atoms. The molecule has 0 saturated carbocycles. The fraction of sp³-hybridized carbons (Fsp3) is 0.294. The predicted molar refractivity (Wildman–Crippen MR) is 87.4 cm³/mol. The summed E-state index contributed by atoms with van der Waals surface area (Å²) in [5.74, 6) is 0.903. The van der Waals surface area contributed by atoms with Gasteiger partial charge in [0.1, 0.15) is 5.75 Å². The minimum Gasteiger partial charge on any atom is -0.497 e. The third kappa shape index (κ3) is 3.41. The summed E-state index contributed by atoms with van der Waals surface area (Å²) in [6.07, 6.45) is 0.926. The maximum atomic E-state index is 5.29. The summed E-state index contributed by atoms with van der Waals surface area (Å²) in [6.45, 7) is 2.12. The zero-order valence-corrected chi connectivity index (χ0v) is 13.7. The smallest absolute Gasteiger partial charge is 0.119 e. The van der Waals surface area contributed by atoms with Gasteiger partial charge in [-0.1, -0.05) is 46.3 Å². The normalized spacial score (nSPS) is 12.2. The van der Waals surface area contributed by atoms with E-state index in [4.69, 9.17) is 4.74 Å². The Bertz CT molecular complexity index is 583. The minimum atomic E-state index is 0.274. The second-order valence-corrected chi connectivity index (χ2v) is 5.67. The van der Waals surface area contributed by atoms with Gasteiger partial charge in [0.2, 0.25) is 0 Å². The first kappa shape index (κ1) is 15.1. The Labute approximate surface area is 129 Å². The lowest BCUT2D eigenvalue weighted by atomic mass is 9.97. The van der Waals surface area contributed by atoms with Crippen molar-refractivity contribution in [2.24, 2.45) is 0 Å². The first-order chi connectivity index (χ1) is 9.65. The Kier molecular flexibility index (Phi) is 5.21. The van der Waals surface area contributed by atoms with Crippen molar-refractivity contribution in [1.82, 2.24) is 5.32 Å². The summed E-state index contributed by atoms with van der Waals surface area (Å²) in [5, 5.41) is 3.40. The van der Waals surface area contributed by atoms with Gasteiger partial charge in [0.25, 0.3) is 0 Å². The lowest BCUT2D eigenvalue weighted by molar-refractivity contribution is 0.414. The second-order valence-electron chi connectivity index (χ2n) is 4.88. The topological polar surface area (TPSA) is 21.3 Å². The van der Waals surface area contributed by atoms with Crippen molar-refractivity contribution in [3.63, 3.8) is 0 Å². The molecule has 3 heteroatoms. The Hall–Kier alpha value is -1.32. The van der Waals surface area contributed by atoms with Gasteiger partial charge in [-0.05, 0) is 49.2 Å². The summed E-state index contributed by atoms with van der Waals surface area (Å²) >= 11 is 3.70. The fourth-order valence-corrected chi connectivity index (χ4v) is 2.88. The summed E-state index contributed by atoms with van der Waals surface area (Å²) < 4.78 is 6.47. The molecule has 0 aliphatic heterocycles. The molecular formula is C17H20BrNO. The molecule has 1 unspecified atom stereocenters. The van der Waals surface area contributed by atoms with E-state index in [1.165, 1.54) is 21.2 Å². The molecule has 2 aromatic carbocycles. The van der Waals surface area contributed by atoms with E-state index < -0.39 is 0 Å². The van der Waals surface area contributed by atoms with Crippen LogP contribution in [0.4, 0.5) is 0 Å². The van der Waals surface area contributed by atoms with Crippen LogP contribution in [-0.4, -0.2) is 14.2 Å². The number of nitrogens with one attached hydrogen (secondary N) is 1. The number of ether oxygens (including phenoxy) is 1. The molecule has 0 heterocycles. The number of halogens is 1. The highest BCUT2D eigenvalue weighted by atomic mass is 79.9. The molecule has 20 heavy (non-hydrogen) atoms. The van der Waals surface area contributed by atoms with Crippen LogP contribution >= 0.6 is 15.9 Å². The molecular weight excluding hydrogens is 314 g/mol. The molecule has 2 nitrogen and oxygen atoms in total. The second kappa shape index (κ2) is 6.91. The Morgan fingerprint density at radius 1 is 1.20 bits per heavy atom. The van der Waals surface area contributed by atoms with Crippen LogP contribution in [0.25, 0.3) is 0 Å². The summed E-state index contributed by atoms with van der Waals surface area (Å²) in [6, 6.07) is 14.9. The van der Waals surface area contributed by atoms with Gasteiger partial charge in [0, 0.05) is 10.5 Å². The van der Waals surface area contributed by atoms with E-state index in [0.29, 0.717) is 0 Å². The number of aryl methyl sites for hydroxylation is 1. The first-order valence-electron chi connectivity index (χ1n) is 6.71. The maximum Gasteiger partial charge on any atom is 0.119 e. The van der Waals surface area contributed by atoms with E-state index in [9.17, 15) is 0 Å². The standard InChI is InChI=1S/C17H20BrNO/c1-12-6-4-9-15(17(12)18)16(19-2)11-13-7-5-8-14(10-13)20-3/h4-10,16,19H,11H2,1-3H3. The number of hydrogen-bond acceptors (Lipinski definition) is 2. The molecule has 1 atom stereocenters. The lowest BCUT2D eigenvalue weighted by Crippen LogP contribution is -2.19. The molecule has 0 aliphatic carbocycles. The molecule has 0 amide bonds. The third-order valence-corrected chi connectivity index (χ3v) is 4.60. The average Bonchev–Trinajstić information content (AvgIpc) is 2.48. The number of likely N-dealkylation sites (N-methyl/N-ethyl adjacent to an activating group) is 1. The van der Waals surface area contributed by atoms with Crippen molar-refractivity contribution in [1.29, 1.82) is 0 Å². The van der Waals surface area contributed by atoms with Gasteiger partial charge in [-0.15, -0.1) is 0 Å². The summed E-state index contributed by atoms with van der Waals surface area (Å²) in [5.41, 5.74) is 3.81. The van der Waals surface area contributed by atoms with E-state index in [1.807, 2.05) is 19.2 Å². The highest BCUT2D eigenvalue weighted by molar-refractivity contribution is 9.10. The summed E-state index contributed by atoms with van der Waals surface area (Å²) in [7, 11) is 3.70. The van der Waals surface area contributed by atoms with E-state index in [-0.39, 0.29) is 6.04 Å². The van der Waals surface area contributed by atoms with Crippen LogP contribution in [0.3, 0.4) is 0 Å². The number of rotatable bonds is 5. The first-order valence-corrected chi connectivity index (χ1v) is 7.50. The quantitative estimate of drug-likeness (QED) is 0.882. The molecule has 0 radical (unpaired) electrons. The molecule has 2 rings (SSSR count). The maximum absolute atomic E-state index is 5.29. The molecule has 0 saturated heterocycles. The van der Waals surface area contributed by atoms with Gasteiger partial charge in [-0.25, -0.2) is 0 Å². The van der Waals surface area contributed by atoms with Crippen molar-refractivity contribution in [2.45, 2.75) is 19.4 Å². The van der Waals surface area contributed by atoms with Gasteiger partial charge in [0.15, 0.2) is 0 Å². The highest BCUT2D eigenvalue weighted by Gasteiger charge is 2.14. The van der Waals surface area contributed by atoms with Gasteiger partial charge >= 0.3 is 0 Å². The van der Waals surface area contributed by atoms with Crippen LogP contribution in [0, 0.1) is 6.92 Å². The highest BCUT2D eigenvalue weighted by Crippen LogP contribution is 2.29. The average molecular weight is 334 g/mol. The van der Waals surface area contributed by atoms with E-state index in [2.05, 4.69) is 58.5 Å². The van der Waals surface area contributed by atoms with Gasteiger partial charge in [0.05, 0.1) is 7.11 Å². The van der Waals surface area contributed by atoms with Gasteiger partial charge in [-0.3, -0.25) is 0 Å². The molecule has 0 fully saturated rings. The molecule has 0 aliphatic rings. The Morgan fingerprint density at radius 2 is 1.95 bits per heavy atom. The van der Waals surface area contributed by atoms with Crippen molar-refractivity contribution >= 4 is 15.9 Å². The Balaban J connectivity index is 2.26. The van der Waals surface area contributed by atoms with E-state index in [1.54, 1.807) is 7.11 Å². The van der Waals surface area contributed by atoms with Crippen molar-refractivity contribution in [3.05, 3.63) is 63.6 Å². The van der Waals surface area contributed by atoms with E-state index in [0.717, 1.165) is 12.2 Å². The van der Waals surface area contributed by atoms with Gasteiger partial charge < -0.3 is 10.1 Å². The van der Waals surface area contributed by atoms with Crippen LogP contribution in [0.5, 0.6) is 5.75 Å². The number of hydrogen-bond donors (Lipinski definition) is 1. The van der Waals surface area contributed by atoms with Crippen LogP contribution in [0.2, 0.25) is 0 Å². The number of benzene rings is 2. The van der Waals surface area contributed by atoms with Crippen LogP contribution in [0.1, 0.15) is 22.7 Å². The molecule has 1 N–H and O–H groups in total. The lowest BCUT2D eigenvalue weighted by Gasteiger charge is -2.19. The summed E-state index contributed by atoms with van der Waals surface area (Å²) in [4.78, 5) is 0. The van der Waals surface area contributed by atoms with Crippen molar-refractivity contribution in [3.8, 4) is 5.75 Å². The van der Waals surface area contributed by atoms with Crippen LogP contribution in [0.15, 0.2) is 46.9 Å². The van der Waals surface area contributed by atoms with Gasteiger partial charge in [-0.2, -0.15) is 0 Å². The van der Waals surface area contributed by atoms with Crippen molar-refractivity contribution in [2.75, 3.05) is 14.2 Å². The molecule has 0 spiro atoms. The zero-order valence-electron chi connectivity index (χ0n) is 12.1. The number of methoxy groups -OCH3 is 1. The predicted octanol–water partition coefficient (Wildman–Crippen LogP) is 4.27. The zero-order chi connectivity index (χ0) is 14.5. The van der Waals surface area contributed by atoms with Crippen molar-refractivity contribution < 1.29 is 4.74 Å². The minimum absolute atomic E-state index is 0.274. The van der Waals surface area contributed by atoms with E-state index >= 15 is 0 Å². The third-order valence-electron chi connectivity index (χ3n) is 3.52. The SMILES string of the molecule is CNC(Cc1cccc(OC)c1)c1cccc(C)c1Br. The largest absolute Gasteiger partial charge is 0.497 e. The van der Waals surface area contributed by atoms with Crippen LogP contribution in [-0.2, 0) is 6.42 Å². The molecule has 106 valence electrons. The molecule has 0 aromatic heterocycles. The Morgan fingerprint density at radius 3 is 2.65 bits per heavy atom.